The van der Waals surface area contributed by atoms with Gasteiger partial charge in [-0.1, -0.05) is 24.8 Å². The van der Waals surface area contributed by atoms with Crippen molar-refractivity contribution in [3.8, 4) is 0 Å². The minimum Gasteiger partial charge on any atom is -0.384 e. The lowest BCUT2D eigenvalue weighted by molar-refractivity contribution is -0.114. The van der Waals surface area contributed by atoms with Crippen LogP contribution in [-0.2, 0) is 4.79 Å². The fraction of sp³-hybridized carbons (Fsp3) is 0.345. The Bertz CT molecular complexity index is 1380. The quantitative estimate of drug-likeness (QED) is 0.341. The maximum atomic E-state index is 13.5. The van der Waals surface area contributed by atoms with E-state index >= 15 is 0 Å². The molecule has 5 rings (SSSR count). The number of pyridine rings is 1. The van der Waals surface area contributed by atoms with E-state index in [2.05, 4.69) is 33.4 Å². The highest BCUT2D eigenvalue weighted by atomic mass is 16.2. The van der Waals surface area contributed by atoms with Crippen LogP contribution in [0.15, 0.2) is 72.0 Å². The van der Waals surface area contributed by atoms with Crippen molar-refractivity contribution in [3.63, 3.8) is 0 Å². The Morgan fingerprint density at radius 3 is 2.58 bits per heavy atom. The van der Waals surface area contributed by atoms with Crippen molar-refractivity contribution in [2.75, 3.05) is 63.2 Å². The molecule has 2 fully saturated rings. The number of hydrogen-bond acceptors (Lipinski definition) is 7. The molecule has 1 atom stereocenters. The summed E-state index contributed by atoms with van der Waals surface area (Å²) in [6, 6.07) is 10.9. The van der Waals surface area contributed by atoms with Crippen LogP contribution in [0.25, 0.3) is 0 Å². The summed E-state index contributed by atoms with van der Waals surface area (Å²) < 4.78 is 0. The number of piperazine rings is 1. The second kappa shape index (κ2) is 11.3. The van der Waals surface area contributed by atoms with Gasteiger partial charge in [-0.2, -0.15) is 0 Å². The Balaban J connectivity index is 1.31. The van der Waals surface area contributed by atoms with Gasteiger partial charge >= 0.3 is 6.03 Å². The predicted molar refractivity (Wildman–Crippen MR) is 157 cm³/mol. The molecule has 0 bridgehead atoms. The van der Waals surface area contributed by atoms with Crippen LogP contribution in [0.4, 0.5) is 22.0 Å². The molecule has 0 saturated carbocycles. The van der Waals surface area contributed by atoms with Gasteiger partial charge in [-0.25, -0.2) is 14.8 Å². The van der Waals surface area contributed by atoms with Gasteiger partial charge in [0.05, 0.1) is 35.9 Å². The van der Waals surface area contributed by atoms with E-state index in [0.717, 1.165) is 43.1 Å². The number of likely N-dealkylation sites (N-methyl/N-ethyl adjacent to an activating group) is 1. The van der Waals surface area contributed by atoms with Gasteiger partial charge in [-0.3, -0.25) is 9.69 Å². The number of anilines is 2. The molecule has 3 aliphatic rings. The second-order valence-corrected chi connectivity index (χ2v) is 10.2. The summed E-state index contributed by atoms with van der Waals surface area (Å²) in [6.45, 7) is 8.11. The molecule has 3 N–H and O–H groups in total. The Morgan fingerprint density at radius 2 is 1.88 bits per heavy atom. The van der Waals surface area contributed by atoms with Gasteiger partial charge in [0, 0.05) is 51.5 Å². The Hall–Kier alpha value is -4.51. The highest BCUT2D eigenvalue weighted by molar-refractivity contribution is 6.10. The fourth-order valence-electron chi connectivity index (χ4n) is 5.45. The lowest BCUT2D eigenvalue weighted by atomic mass is 9.94. The molecule has 2 saturated heterocycles. The topological polar surface area (TPSA) is 125 Å². The van der Waals surface area contributed by atoms with Crippen LogP contribution >= 0.6 is 0 Å². The number of carbonyl (C=O) groups is 2. The smallest absolute Gasteiger partial charge is 0.325 e. The number of carbonyl (C=O) groups excluding carboxylic acids is 2. The number of nitrogens with two attached hydrogens (primary N) is 1. The third-order valence-electron chi connectivity index (χ3n) is 7.69. The van der Waals surface area contributed by atoms with Crippen molar-refractivity contribution in [1.29, 1.82) is 5.41 Å². The van der Waals surface area contributed by atoms with Gasteiger partial charge in [0.2, 0.25) is 5.91 Å². The van der Waals surface area contributed by atoms with E-state index < -0.39 is 0 Å². The first-order valence-electron chi connectivity index (χ1n) is 13.4. The van der Waals surface area contributed by atoms with Crippen LogP contribution in [0, 0.1) is 5.41 Å². The van der Waals surface area contributed by atoms with Crippen LogP contribution < -0.4 is 15.5 Å². The fourth-order valence-corrected chi connectivity index (χ4v) is 5.45. The average Bonchev–Trinajstić information content (AvgIpc) is 2.97. The number of aliphatic imine (C=N–C) groups is 1. The van der Waals surface area contributed by atoms with Crippen molar-refractivity contribution in [2.24, 2.45) is 10.7 Å². The minimum atomic E-state index is -0.268. The molecule has 40 heavy (non-hydrogen) atoms. The van der Waals surface area contributed by atoms with Crippen LogP contribution in [0.1, 0.15) is 18.0 Å². The highest BCUT2D eigenvalue weighted by Gasteiger charge is 2.39. The SMILES string of the molecule is C=CC(=O)N1CCC(N2CC(=N)/C(=C\C(N)=Nc3ccc(N4CCN(C)CC4)cn3)N(C)C2=O)c2ccccc21. The molecular formula is C29H35N9O2. The summed E-state index contributed by atoms with van der Waals surface area (Å²) in [5.74, 6) is 0.445. The zero-order valence-electron chi connectivity index (χ0n) is 23.0. The van der Waals surface area contributed by atoms with E-state index in [1.54, 1.807) is 29.1 Å². The Morgan fingerprint density at radius 1 is 1.12 bits per heavy atom. The molecule has 3 amide bonds. The standard InChI is InChI=1S/C29H35N9O2/c1-4-28(39)37-12-11-24(21-7-5-6-8-23(21)37)38-19-22(30)25(35(3)29(38)40)17-26(31)33-27-10-9-20(18-32-27)36-15-13-34(2)14-16-36/h4-10,17-18,24,30H,1,11-16,19H2,2-3H3,(H2,31,32,33)/b25-17+,30-22?. The van der Waals surface area contributed by atoms with Gasteiger partial charge < -0.3 is 30.7 Å². The number of aromatic nitrogens is 1. The first kappa shape index (κ1) is 27.1. The summed E-state index contributed by atoms with van der Waals surface area (Å²) >= 11 is 0. The molecule has 0 spiro atoms. The average molecular weight is 542 g/mol. The van der Waals surface area contributed by atoms with E-state index in [4.69, 9.17) is 11.1 Å². The number of para-hydroxylation sites is 1. The number of fused-ring (bicyclic) bond motifs is 1. The number of rotatable bonds is 5. The van der Waals surface area contributed by atoms with E-state index in [1.165, 1.54) is 11.0 Å². The molecule has 11 heteroatoms. The maximum Gasteiger partial charge on any atom is 0.325 e. The number of amidine groups is 1. The van der Waals surface area contributed by atoms with E-state index in [0.29, 0.717) is 24.5 Å². The molecule has 0 radical (unpaired) electrons. The monoisotopic (exact) mass is 541 g/mol. The number of benzene rings is 1. The molecule has 0 aliphatic carbocycles. The summed E-state index contributed by atoms with van der Waals surface area (Å²) in [5, 5.41) is 8.75. The first-order valence-corrected chi connectivity index (χ1v) is 13.4. The van der Waals surface area contributed by atoms with Crippen LogP contribution in [0.2, 0.25) is 0 Å². The van der Waals surface area contributed by atoms with Gasteiger partial charge in [-0.15, -0.1) is 0 Å². The zero-order chi connectivity index (χ0) is 28.4. The molecule has 1 unspecified atom stereocenters. The van der Waals surface area contributed by atoms with Crippen molar-refractivity contribution >= 4 is 40.7 Å². The maximum absolute atomic E-state index is 13.5. The summed E-state index contributed by atoms with van der Waals surface area (Å²) in [4.78, 5) is 44.2. The van der Waals surface area contributed by atoms with E-state index in [-0.39, 0.29) is 36.1 Å². The highest BCUT2D eigenvalue weighted by Crippen LogP contribution is 2.39. The molecular weight excluding hydrogens is 506 g/mol. The molecule has 208 valence electrons. The largest absolute Gasteiger partial charge is 0.384 e. The summed E-state index contributed by atoms with van der Waals surface area (Å²) in [7, 11) is 3.75. The van der Waals surface area contributed by atoms with Gasteiger partial charge in [-0.05, 0) is 43.3 Å². The van der Waals surface area contributed by atoms with Gasteiger partial charge in [0.1, 0.15) is 5.84 Å². The number of hydrogen-bond donors (Lipinski definition) is 2. The lowest BCUT2D eigenvalue weighted by Crippen LogP contribution is -2.53. The van der Waals surface area contributed by atoms with E-state index in [9.17, 15) is 9.59 Å². The zero-order valence-corrected chi connectivity index (χ0v) is 23.0. The normalized spacial score (nSPS) is 21.6. The van der Waals surface area contributed by atoms with Crippen molar-refractivity contribution < 1.29 is 9.59 Å². The molecule has 1 aromatic carbocycles. The van der Waals surface area contributed by atoms with Crippen LogP contribution in [-0.4, -0.2) is 96.5 Å². The predicted octanol–water partition coefficient (Wildman–Crippen LogP) is 2.76. The number of urea groups is 1. The third kappa shape index (κ3) is 5.32. The molecule has 1 aromatic heterocycles. The number of nitrogens with zero attached hydrogens (tertiary/aromatic N) is 7. The summed E-state index contributed by atoms with van der Waals surface area (Å²) in [5.41, 5.74) is 9.55. The second-order valence-electron chi connectivity index (χ2n) is 10.2. The lowest BCUT2D eigenvalue weighted by Gasteiger charge is -2.44. The van der Waals surface area contributed by atoms with Crippen molar-refractivity contribution in [2.45, 2.75) is 12.5 Å². The van der Waals surface area contributed by atoms with Crippen molar-refractivity contribution in [3.05, 3.63) is 72.6 Å². The third-order valence-corrected chi connectivity index (χ3v) is 7.69. The molecule has 3 aliphatic heterocycles. The number of nitrogens with one attached hydrogen (secondary N) is 1. The van der Waals surface area contributed by atoms with Crippen LogP contribution in [0.3, 0.4) is 0 Å². The Labute approximate surface area is 234 Å². The molecule has 2 aromatic rings. The first-order chi connectivity index (χ1) is 19.3. The van der Waals surface area contributed by atoms with Gasteiger partial charge in [0.15, 0.2) is 5.82 Å². The van der Waals surface area contributed by atoms with Gasteiger partial charge in [0.25, 0.3) is 0 Å². The van der Waals surface area contributed by atoms with Crippen LogP contribution in [0.5, 0.6) is 0 Å². The molecule has 11 nitrogen and oxygen atoms in total. The number of amides is 3. The summed E-state index contributed by atoms with van der Waals surface area (Å²) in [6.07, 6.45) is 5.20. The minimum absolute atomic E-state index is 0.120. The Kier molecular flexibility index (Phi) is 7.65. The molecule has 4 heterocycles. The van der Waals surface area contributed by atoms with Crippen molar-refractivity contribution in [1.82, 2.24) is 19.7 Å². The van der Waals surface area contributed by atoms with E-state index in [1.807, 2.05) is 36.4 Å².